The predicted octanol–water partition coefficient (Wildman–Crippen LogP) is 2.67. The maximum absolute atomic E-state index is 8.89. The van der Waals surface area contributed by atoms with Crippen LogP contribution in [0.1, 0.15) is 24.8 Å². The number of aromatic nitrogens is 2. The topological polar surface area (TPSA) is 139 Å². The van der Waals surface area contributed by atoms with E-state index in [1.807, 2.05) is 37.5 Å². The standard InChI is InChI=1S/C20H23N7O/c1-27-12-16(11-25-27)26-18-8-17(6-5-14(18)9-21)28-19-4-2-3-13(20(19)24)7-15(23)10-22/h5-9,11-12,19,21,26H,2-4,23-24H2,1H3/b15-7-,21-9?. The maximum Gasteiger partial charge on any atom is 0.138 e. The maximum atomic E-state index is 8.89. The Morgan fingerprint density at radius 3 is 3.00 bits per heavy atom. The number of hydrogen-bond donors (Lipinski definition) is 4. The second kappa shape index (κ2) is 8.31. The normalized spacial score (nSPS) is 17.1. The predicted molar refractivity (Wildman–Crippen MR) is 108 cm³/mol. The smallest absolute Gasteiger partial charge is 0.138 e. The summed E-state index contributed by atoms with van der Waals surface area (Å²) in [5, 5.41) is 23.9. The van der Waals surface area contributed by atoms with Crippen LogP contribution in [0, 0.1) is 16.7 Å². The Bertz CT molecular complexity index is 981. The zero-order chi connectivity index (χ0) is 20.1. The quantitative estimate of drug-likeness (QED) is 0.451. The van der Waals surface area contributed by atoms with Crippen molar-refractivity contribution in [1.82, 2.24) is 9.78 Å². The van der Waals surface area contributed by atoms with Crippen molar-refractivity contribution < 1.29 is 4.74 Å². The van der Waals surface area contributed by atoms with Crippen LogP contribution in [0.25, 0.3) is 0 Å². The van der Waals surface area contributed by atoms with Gasteiger partial charge in [-0.15, -0.1) is 0 Å². The second-order valence-electron chi connectivity index (χ2n) is 6.61. The molecule has 1 aliphatic carbocycles. The summed E-state index contributed by atoms with van der Waals surface area (Å²) in [6.07, 6.45) is 8.63. The number of allylic oxidation sites excluding steroid dienone is 3. The van der Waals surface area contributed by atoms with Crippen molar-refractivity contribution >= 4 is 17.6 Å². The summed E-state index contributed by atoms with van der Waals surface area (Å²) >= 11 is 0. The third-order valence-corrected chi connectivity index (χ3v) is 4.53. The Hall–Kier alpha value is -3.73. The van der Waals surface area contributed by atoms with Crippen molar-refractivity contribution in [3.8, 4) is 11.8 Å². The molecule has 0 saturated carbocycles. The monoisotopic (exact) mass is 377 g/mol. The van der Waals surface area contributed by atoms with Gasteiger partial charge in [-0.25, -0.2) is 0 Å². The molecule has 1 unspecified atom stereocenters. The molecule has 3 rings (SSSR count). The van der Waals surface area contributed by atoms with E-state index in [0.717, 1.165) is 41.8 Å². The van der Waals surface area contributed by atoms with E-state index in [2.05, 4.69) is 10.4 Å². The van der Waals surface area contributed by atoms with Gasteiger partial charge >= 0.3 is 0 Å². The second-order valence-corrected chi connectivity index (χ2v) is 6.61. The molecule has 0 amide bonds. The molecule has 144 valence electrons. The molecule has 1 aromatic heterocycles. The minimum atomic E-state index is -0.288. The summed E-state index contributed by atoms with van der Waals surface area (Å²) in [6.45, 7) is 0. The number of nitrogens with one attached hydrogen (secondary N) is 2. The Balaban J connectivity index is 1.84. The van der Waals surface area contributed by atoms with Crippen molar-refractivity contribution in [1.29, 1.82) is 10.7 Å². The van der Waals surface area contributed by atoms with E-state index < -0.39 is 0 Å². The van der Waals surface area contributed by atoms with Gasteiger partial charge in [0.15, 0.2) is 0 Å². The van der Waals surface area contributed by atoms with Crippen LogP contribution >= 0.6 is 0 Å². The van der Waals surface area contributed by atoms with Gasteiger partial charge in [0.1, 0.15) is 23.6 Å². The molecule has 6 N–H and O–H groups in total. The molecule has 0 radical (unpaired) electrons. The molecular weight excluding hydrogens is 354 g/mol. The summed E-state index contributed by atoms with van der Waals surface area (Å²) in [7, 11) is 1.84. The molecule has 8 nitrogen and oxygen atoms in total. The molecule has 1 aromatic carbocycles. The number of rotatable bonds is 6. The van der Waals surface area contributed by atoms with Gasteiger partial charge in [-0.2, -0.15) is 10.4 Å². The van der Waals surface area contributed by atoms with Gasteiger partial charge in [0.25, 0.3) is 0 Å². The average molecular weight is 377 g/mol. The van der Waals surface area contributed by atoms with Crippen LogP contribution in [-0.2, 0) is 7.05 Å². The van der Waals surface area contributed by atoms with Crippen LogP contribution in [0.15, 0.2) is 53.6 Å². The molecule has 0 fully saturated rings. The minimum absolute atomic E-state index is 0.136. The van der Waals surface area contributed by atoms with E-state index in [0.29, 0.717) is 11.4 Å². The first-order valence-corrected chi connectivity index (χ1v) is 8.92. The summed E-state index contributed by atoms with van der Waals surface area (Å²) < 4.78 is 7.82. The lowest BCUT2D eigenvalue weighted by Gasteiger charge is -2.26. The highest BCUT2D eigenvalue weighted by atomic mass is 16.5. The van der Waals surface area contributed by atoms with E-state index in [1.54, 1.807) is 17.0 Å². The Morgan fingerprint density at radius 1 is 1.50 bits per heavy atom. The van der Waals surface area contributed by atoms with Crippen LogP contribution in [0.5, 0.6) is 5.75 Å². The fourth-order valence-electron chi connectivity index (χ4n) is 3.13. The van der Waals surface area contributed by atoms with Gasteiger partial charge in [-0.3, -0.25) is 4.68 Å². The van der Waals surface area contributed by atoms with Crippen LogP contribution in [0.4, 0.5) is 11.4 Å². The van der Waals surface area contributed by atoms with Crippen LogP contribution in [-0.4, -0.2) is 22.1 Å². The Kier molecular flexibility index (Phi) is 5.65. The van der Waals surface area contributed by atoms with Crippen molar-refractivity contribution in [2.45, 2.75) is 25.4 Å². The average Bonchev–Trinajstić information content (AvgIpc) is 3.10. The number of benzene rings is 1. The van der Waals surface area contributed by atoms with Crippen molar-refractivity contribution in [3.63, 3.8) is 0 Å². The number of nitrogens with two attached hydrogens (primary N) is 2. The lowest BCUT2D eigenvalue weighted by molar-refractivity contribution is 0.213. The third-order valence-electron chi connectivity index (χ3n) is 4.53. The van der Waals surface area contributed by atoms with Gasteiger partial charge in [-0.1, -0.05) is 0 Å². The first kappa shape index (κ1) is 19.0. The number of ether oxygens (including phenoxy) is 1. The van der Waals surface area contributed by atoms with Gasteiger partial charge in [0.2, 0.25) is 0 Å². The van der Waals surface area contributed by atoms with Gasteiger partial charge in [-0.05, 0) is 43.0 Å². The Labute approximate surface area is 163 Å². The summed E-state index contributed by atoms with van der Waals surface area (Å²) in [5.41, 5.74) is 15.8. The molecule has 2 aromatic rings. The molecule has 8 heteroatoms. The van der Waals surface area contributed by atoms with Crippen LogP contribution < -0.4 is 21.5 Å². The summed E-state index contributed by atoms with van der Waals surface area (Å²) in [4.78, 5) is 0. The van der Waals surface area contributed by atoms with Gasteiger partial charge < -0.3 is 26.9 Å². The van der Waals surface area contributed by atoms with E-state index in [9.17, 15) is 0 Å². The molecule has 0 spiro atoms. The first-order valence-electron chi connectivity index (χ1n) is 8.92. The third kappa shape index (κ3) is 4.32. The molecular formula is C20H23N7O. The number of nitrogens with zero attached hydrogens (tertiary/aromatic N) is 3. The van der Waals surface area contributed by atoms with Gasteiger partial charge in [0, 0.05) is 31.1 Å². The summed E-state index contributed by atoms with van der Waals surface area (Å²) in [5.74, 6) is 0.642. The fraction of sp³-hybridized carbons (Fsp3) is 0.250. The van der Waals surface area contributed by atoms with E-state index >= 15 is 0 Å². The molecule has 1 aliphatic rings. The first-order chi connectivity index (χ1) is 13.5. The molecule has 28 heavy (non-hydrogen) atoms. The number of anilines is 2. The van der Waals surface area contributed by atoms with E-state index in [1.165, 1.54) is 6.21 Å². The van der Waals surface area contributed by atoms with E-state index in [4.69, 9.17) is 26.9 Å². The van der Waals surface area contributed by atoms with E-state index in [-0.39, 0.29) is 11.8 Å². The molecule has 0 aliphatic heterocycles. The fourth-order valence-corrected chi connectivity index (χ4v) is 3.13. The lowest BCUT2D eigenvalue weighted by atomic mass is 9.93. The zero-order valence-corrected chi connectivity index (χ0v) is 15.6. The number of aryl methyl sites for hydroxylation is 1. The largest absolute Gasteiger partial charge is 0.484 e. The molecule has 0 bridgehead atoms. The Morgan fingerprint density at radius 2 is 2.32 bits per heavy atom. The highest BCUT2D eigenvalue weighted by Crippen LogP contribution is 2.30. The van der Waals surface area contributed by atoms with Crippen molar-refractivity contribution in [2.75, 3.05) is 5.32 Å². The SMILES string of the molecule is Cn1cc(Nc2cc(OC3CCCC(/C=C(\N)C#N)=C3N)ccc2C=N)cn1. The van der Waals surface area contributed by atoms with Crippen molar-refractivity contribution in [3.05, 3.63) is 59.2 Å². The molecule has 1 heterocycles. The van der Waals surface area contributed by atoms with Crippen LogP contribution in [0.3, 0.4) is 0 Å². The zero-order valence-electron chi connectivity index (χ0n) is 15.6. The minimum Gasteiger partial charge on any atom is -0.484 e. The van der Waals surface area contributed by atoms with Gasteiger partial charge in [0.05, 0.1) is 23.3 Å². The molecule has 1 atom stereocenters. The lowest BCUT2D eigenvalue weighted by Crippen LogP contribution is -2.29. The highest BCUT2D eigenvalue weighted by molar-refractivity contribution is 5.87. The number of hydrogen-bond acceptors (Lipinski definition) is 7. The van der Waals surface area contributed by atoms with Crippen molar-refractivity contribution in [2.24, 2.45) is 18.5 Å². The summed E-state index contributed by atoms with van der Waals surface area (Å²) in [6, 6.07) is 7.39. The highest BCUT2D eigenvalue weighted by Gasteiger charge is 2.22. The number of nitriles is 1. The van der Waals surface area contributed by atoms with Crippen LogP contribution in [0.2, 0.25) is 0 Å². The molecule has 0 saturated heterocycles.